The highest BCUT2D eigenvalue weighted by Crippen LogP contribution is 2.31. The lowest BCUT2D eigenvalue weighted by Gasteiger charge is -2.25. The van der Waals surface area contributed by atoms with Crippen molar-refractivity contribution in [2.75, 3.05) is 6.54 Å². The molecule has 128 valence electrons. The Kier molecular flexibility index (Phi) is 3.35. The largest absolute Gasteiger partial charge is 0.328 e. The summed E-state index contributed by atoms with van der Waals surface area (Å²) in [6, 6.07) is 19.9. The lowest BCUT2D eigenvalue weighted by atomic mass is 10.2. The number of hydrogen-bond donors (Lipinski definition) is 0. The quantitative estimate of drug-likeness (QED) is 0.735. The molecule has 3 aromatic rings. The van der Waals surface area contributed by atoms with E-state index in [1.165, 1.54) is 0 Å². The zero-order valence-corrected chi connectivity index (χ0v) is 14.1. The van der Waals surface area contributed by atoms with E-state index in [9.17, 15) is 4.79 Å². The summed E-state index contributed by atoms with van der Waals surface area (Å²) in [7, 11) is 0. The molecular weight excluding hydrogens is 326 g/mol. The van der Waals surface area contributed by atoms with Gasteiger partial charge < -0.3 is 4.90 Å². The maximum absolute atomic E-state index is 12.6. The molecular formula is C20H17N5O. The number of aromatic nitrogens is 2. The molecule has 0 aliphatic carbocycles. The number of amides is 1. The fourth-order valence-electron chi connectivity index (χ4n) is 3.45. The average Bonchev–Trinajstić information content (AvgIpc) is 3.22. The van der Waals surface area contributed by atoms with Crippen molar-refractivity contribution in [2.45, 2.75) is 13.1 Å². The third-order valence-corrected chi connectivity index (χ3v) is 4.72. The maximum atomic E-state index is 12.6. The fraction of sp³-hybridized carbons (Fsp3) is 0.150. The van der Waals surface area contributed by atoms with E-state index >= 15 is 0 Å². The van der Waals surface area contributed by atoms with E-state index in [1.807, 2.05) is 76.4 Å². The van der Waals surface area contributed by atoms with Gasteiger partial charge in [-0.2, -0.15) is 10.1 Å². The van der Waals surface area contributed by atoms with E-state index in [0.717, 1.165) is 22.6 Å². The van der Waals surface area contributed by atoms with Crippen molar-refractivity contribution in [3.05, 3.63) is 78.0 Å². The van der Waals surface area contributed by atoms with Crippen LogP contribution < -0.4 is 0 Å². The van der Waals surface area contributed by atoms with Crippen LogP contribution in [0.15, 0.2) is 71.9 Å². The van der Waals surface area contributed by atoms with Crippen LogP contribution in [0.5, 0.6) is 0 Å². The Labute approximate surface area is 151 Å². The van der Waals surface area contributed by atoms with Crippen LogP contribution >= 0.6 is 0 Å². The Hall–Kier alpha value is -3.41. The number of para-hydroxylation sites is 1. The first kappa shape index (κ1) is 14.9. The average molecular weight is 343 g/mol. The van der Waals surface area contributed by atoms with Gasteiger partial charge in [-0.1, -0.05) is 48.5 Å². The van der Waals surface area contributed by atoms with Crippen LogP contribution in [0, 0.1) is 0 Å². The molecule has 3 heterocycles. The van der Waals surface area contributed by atoms with Crippen LogP contribution in [0.1, 0.15) is 11.1 Å². The first-order valence-corrected chi connectivity index (χ1v) is 8.60. The number of hydrogen-bond acceptors (Lipinski definition) is 4. The molecule has 1 amide bonds. The number of carbonyl (C=O) groups is 1. The number of rotatable bonds is 3. The van der Waals surface area contributed by atoms with Crippen molar-refractivity contribution in [1.29, 1.82) is 0 Å². The minimum Gasteiger partial charge on any atom is -0.328 e. The Morgan fingerprint density at radius 1 is 0.923 bits per heavy atom. The van der Waals surface area contributed by atoms with Gasteiger partial charge in [0.05, 0.1) is 25.0 Å². The lowest BCUT2D eigenvalue weighted by molar-refractivity contribution is -0.125. The number of benzene rings is 2. The van der Waals surface area contributed by atoms with Crippen LogP contribution in [0.4, 0.5) is 5.82 Å². The molecule has 0 unspecified atom stereocenters. The van der Waals surface area contributed by atoms with Gasteiger partial charge in [-0.15, -0.1) is 0 Å². The Morgan fingerprint density at radius 3 is 2.42 bits per heavy atom. The zero-order chi connectivity index (χ0) is 17.5. The third kappa shape index (κ3) is 2.38. The fourth-order valence-corrected chi connectivity index (χ4v) is 3.45. The highest BCUT2D eigenvalue weighted by Gasteiger charge is 2.37. The molecule has 0 atom stereocenters. The molecule has 6 heteroatoms. The van der Waals surface area contributed by atoms with Crippen LogP contribution in [0.3, 0.4) is 0 Å². The summed E-state index contributed by atoms with van der Waals surface area (Å²) >= 11 is 0. The number of guanidine groups is 1. The summed E-state index contributed by atoms with van der Waals surface area (Å²) in [5.74, 6) is 1.59. The van der Waals surface area contributed by atoms with Gasteiger partial charge in [0.2, 0.25) is 11.9 Å². The predicted octanol–water partition coefficient (Wildman–Crippen LogP) is 2.72. The number of fused-ring (bicyclic) bond motifs is 2. The topological polar surface area (TPSA) is 53.7 Å². The molecule has 2 aromatic carbocycles. The van der Waals surface area contributed by atoms with Crippen LogP contribution in [0.25, 0.3) is 5.69 Å². The summed E-state index contributed by atoms with van der Waals surface area (Å²) in [6.07, 6.45) is 1.84. The monoisotopic (exact) mass is 343 g/mol. The van der Waals surface area contributed by atoms with E-state index in [-0.39, 0.29) is 5.91 Å². The van der Waals surface area contributed by atoms with Gasteiger partial charge in [0.1, 0.15) is 6.54 Å². The second-order valence-electron chi connectivity index (χ2n) is 6.47. The lowest BCUT2D eigenvalue weighted by Crippen LogP contribution is -2.35. The Bertz CT molecular complexity index is 994. The van der Waals surface area contributed by atoms with Gasteiger partial charge in [-0.05, 0) is 17.7 Å². The Morgan fingerprint density at radius 2 is 1.65 bits per heavy atom. The van der Waals surface area contributed by atoms with Gasteiger partial charge in [0, 0.05) is 5.56 Å². The molecule has 26 heavy (non-hydrogen) atoms. The maximum Gasteiger partial charge on any atom is 0.249 e. The molecule has 2 aliphatic heterocycles. The van der Waals surface area contributed by atoms with Crippen LogP contribution in [0.2, 0.25) is 0 Å². The molecule has 1 fully saturated rings. The van der Waals surface area contributed by atoms with Crippen molar-refractivity contribution in [3.8, 4) is 5.69 Å². The minimum absolute atomic E-state index is 0.0805. The van der Waals surface area contributed by atoms with Crippen LogP contribution in [-0.4, -0.2) is 38.0 Å². The smallest absolute Gasteiger partial charge is 0.249 e. The second-order valence-corrected chi connectivity index (χ2v) is 6.47. The van der Waals surface area contributed by atoms with E-state index in [4.69, 9.17) is 4.99 Å². The Balaban J connectivity index is 1.54. The highest BCUT2D eigenvalue weighted by molar-refractivity contribution is 6.05. The second kappa shape index (κ2) is 5.84. The predicted molar refractivity (Wildman–Crippen MR) is 98.1 cm³/mol. The molecule has 5 rings (SSSR count). The third-order valence-electron chi connectivity index (χ3n) is 4.72. The van der Waals surface area contributed by atoms with E-state index < -0.39 is 0 Å². The molecule has 1 saturated heterocycles. The molecule has 0 spiro atoms. The first-order valence-electron chi connectivity index (χ1n) is 8.60. The first-order chi connectivity index (χ1) is 12.8. The standard InChI is InChI=1S/C20H17N5O/c26-18-14-23-13-16-11-21-25(17-9-5-2-6-10-17)19(16)22-20(23)24(18)12-15-7-3-1-4-8-15/h1-11H,12-14H2. The summed E-state index contributed by atoms with van der Waals surface area (Å²) < 4.78 is 1.84. The van der Waals surface area contributed by atoms with E-state index in [0.29, 0.717) is 25.6 Å². The molecule has 0 saturated carbocycles. The molecule has 2 aliphatic rings. The van der Waals surface area contributed by atoms with Crippen LogP contribution in [-0.2, 0) is 17.9 Å². The molecule has 6 nitrogen and oxygen atoms in total. The van der Waals surface area contributed by atoms with Gasteiger partial charge in [0.15, 0.2) is 5.82 Å². The summed E-state index contributed by atoms with van der Waals surface area (Å²) in [4.78, 5) is 21.2. The summed E-state index contributed by atoms with van der Waals surface area (Å²) in [5.41, 5.74) is 3.09. The van der Waals surface area contributed by atoms with Gasteiger partial charge in [-0.25, -0.2) is 4.68 Å². The van der Waals surface area contributed by atoms with Crippen molar-refractivity contribution < 1.29 is 4.79 Å². The molecule has 0 N–H and O–H groups in total. The van der Waals surface area contributed by atoms with Crippen molar-refractivity contribution in [2.24, 2.45) is 4.99 Å². The SMILES string of the molecule is O=C1CN2Cc3cnn(-c4ccccc4)c3N=C2N1Cc1ccccc1. The number of carbonyl (C=O) groups excluding carboxylic acids is 1. The van der Waals surface area contributed by atoms with Crippen molar-refractivity contribution >= 4 is 17.7 Å². The molecule has 1 aromatic heterocycles. The highest BCUT2D eigenvalue weighted by atomic mass is 16.2. The van der Waals surface area contributed by atoms with E-state index in [2.05, 4.69) is 5.10 Å². The summed E-state index contributed by atoms with van der Waals surface area (Å²) in [5, 5.41) is 4.50. The summed E-state index contributed by atoms with van der Waals surface area (Å²) in [6.45, 7) is 1.55. The van der Waals surface area contributed by atoms with Gasteiger partial charge >= 0.3 is 0 Å². The minimum atomic E-state index is 0.0805. The van der Waals surface area contributed by atoms with Crippen molar-refractivity contribution in [3.63, 3.8) is 0 Å². The zero-order valence-electron chi connectivity index (χ0n) is 14.1. The molecule has 0 bridgehead atoms. The molecule has 0 radical (unpaired) electrons. The number of aliphatic imine (C=N–C) groups is 1. The van der Waals surface area contributed by atoms with E-state index in [1.54, 1.807) is 4.90 Å². The normalized spacial score (nSPS) is 15.7. The van der Waals surface area contributed by atoms with Crippen molar-refractivity contribution in [1.82, 2.24) is 19.6 Å². The van der Waals surface area contributed by atoms with Gasteiger partial charge in [-0.3, -0.25) is 9.69 Å². The van der Waals surface area contributed by atoms with Gasteiger partial charge in [0.25, 0.3) is 0 Å². The number of nitrogens with zero attached hydrogens (tertiary/aromatic N) is 5.